The second-order valence-electron chi connectivity index (χ2n) is 3.85. The predicted molar refractivity (Wildman–Crippen MR) is 57.8 cm³/mol. The summed E-state index contributed by atoms with van der Waals surface area (Å²) in [5.74, 6) is -0.612. The molecule has 0 saturated carbocycles. The van der Waals surface area contributed by atoms with Crippen molar-refractivity contribution in [1.82, 2.24) is 0 Å². The van der Waals surface area contributed by atoms with Crippen LogP contribution in [-0.2, 0) is 19.0 Å². The van der Waals surface area contributed by atoms with E-state index in [1.807, 2.05) is 6.92 Å². The maximum Gasteiger partial charge on any atom is 0.411 e. The number of alkyl halides is 3. The zero-order valence-electron chi connectivity index (χ0n) is 10.8. The molecule has 0 fully saturated rings. The molecule has 0 radical (unpaired) electrons. The largest absolute Gasteiger partial charge is 0.436 e. The summed E-state index contributed by atoms with van der Waals surface area (Å²) in [5, 5.41) is 0. The number of esters is 1. The summed E-state index contributed by atoms with van der Waals surface area (Å²) in [7, 11) is 0. The number of carbonyl (C=O) groups excluding carboxylic acids is 1. The van der Waals surface area contributed by atoms with Gasteiger partial charge in [0.1, 0.15) is 6.61 Å². The molecule has 108 valence electrons. The van der Waals surface area contributed by atoms with Crippen LogP contribution in [0.25, 0.3) is 0 Å². The number of hydrogen-bond donors (Lipinski definition) is 0. The van der Waals surface area contributed by atoms with Gasteiger partial charge >= 0.3 is 12.1 Å². The molecule has 0 aliphatic rings. The molecule has 0 aliphatic heterocycles. The van der Waals surface area contributed by atoms with E-state index >= 15 is 0 Å². The first-order valence-electron chi connectivity index (χ1n) is 5.72. The van der Waals surface area contributed by atoms with Gasteiger partial charge in [0.25, 0.3) is 0 Å². The molecule has 0 saturated heterocycles. The Morgan fingerprint density at radius 1 is 1.22 bits per heavy atom. The van der Waals surface area contributed by atoms with Gasteiger partial charge in [0.2, 0.25) is 0 Å². The van der Waals surface area contributed by atoms with Crippen molar-refractivity contribution >= 4 is 5.97 Å². The van der Waals surface area contributed by atoms with Gasteiger partial charge in [-0.15, -0.1) is 0 Å². The van der Waals surface area contributed by atoms with Crippen LogP contribution in [0.2, 0.25) is 0 Å². The molecular weight excluding hydrogens is 253 g/mol. The summed E-state index contributed by atoms with van der Waals surface area (Å²) in [6.07, 6.45) is -4.48. The third kappa shape index (κ3) is 9.23. The zero-order chi connectivity index (χ0) is 14.2. The molecule has 0 aliphatic carbocycles. The van der Waals surface area contributed by atoms with E-state index in [9.17, 15) is 18.0 Å². The zero-order valence-corrected chi connectivity index (χ0v) is 10.8. The highest BCUT2D eigenvalue weighted by molar-refractivity contribution is 5.71. The number of carbonyl (C=O) groups is 1. The smallest absolute Gasteiger partial charge is 0.411 e. The summed E-state index contributed by atoms with van der Waals surface area (Å²) < 4.78 is 49.3. The van der Waals surface area contributed by atoms with E-state index in [4.69, 9.17) is 9.47 Å². The molecule has 2 atom stereocenters. The van der Waals surface area contributed by atoms with Gasteiger partial charge < -0.3 is 14.2 Å². The molecule has 7 heteroatoms. The van der Waals surface area contributed by atoms with Crippen molar-refractivity contribution in [1.29, 1.82) is 0 Å². The highest BCUT2D eigenvalue weighted by Crippen LogP contribution is 2.14. The minimum Gasteiger partial charge on any atom is -0.436 e. The van der Waals surface area contributed by atoms with Crippen LogP contribution in [0.4, 0.5) is 13.2 Å². The van der Waals surface area contributed by atoms with Crippen LogP contribution < -0.4 is 0 Å². The molecule has 0 heterocycles. The number of hydrogen-bond acceptors (Lipinski definition) is 4. The number of ether oxygens (including phenoxy) is 3. The van der Waals surface area contributed by atoms with Crippen molar-refractivity contribution in [2.24, 2.45) is 5.92 Å². The highest BCUT2D eigenvalue weighted by atomic mass is 19.4. The average Bonchev–Trinajstić information content (AvgIpc) is 2.25. The lowest BCUT2D eigenvalue weighted by Crippen LogP contribution is -2.25. The lowest BCUT2D eigenvalue weighted by Gasteiger charge is -2.16. The van der Waals surface area contributed by atoms with E-state index in [0.717, 1.165) is 0 Å². The summed E-state index contributed by atoms with van der Waals surface area (Å²) in [4.78, 5) is 11.3. The van der Waals surface area contributed by atoms with Crippen LogP contribution in [0.15, 0.2) is 0 Å². The average molecular weight is 272 g/mol. The van der Waals surface area contributed by atoms with Crippen molar-refractivity contribution in [2.75, 3.05) is 19.8 Å². The Kier molecular flexibility index (Phi) is 7.93. The minimum absolute atomic E-state index is 0.0645. The van der Waals surface area contributed by atoms with Crippen molar-refractivity contribution in [2.45, 2.75) is 39.7 Å². The fourth-order valence-electron chi connectivity index (χ4n) is 0.941. The minimum atomic E-state index is -4.34. The van der Waals surface area contributed by atoms with E-state index in [1.54, 1.807) is 6.92 Å². The summed E-state index contributed by atoms with van der Waals surface area (Å²) in [6, 6.07) is 0. The van der Waals surface area contributed by atoms with Crippen LogP contribution in [0.1, 0.15) is 27.2 Å². The SMILES string of the molecule is CCC(C)C(=O)OC(C)OCCOCC(F)(F)F. The molecule has 0 N–H and O–H groups in total. The summed E-state index contributed by atoms with van der Waals surface area (Å²) >= 11 is 0. The van der Waals surface area contributed by atoms with E-state index in [2.05, 4.69) is 4.74 Å². The molecule has 4 nitrogen and oxygen atoms in total. The molecule has 18 heavy (non-hydrogen) atoms. The number of halogens is 3. The highest BCUT2D eigenvalue weighted by Gasteiger charge is 2.27. The van der Waals surface area contributed by atoms with Crippen molar-refractivity contribution in [3.05, 3.63) is 0 Å². The molecule has 0 spiro atoms. The molecule has 0 aromatic carbocycles. The van der Waals surface area contributed by atoms with Gasteiger partial charge in [-0.25, -0.2) is 0 Å². The lowest BCUT2D eigenvalue weighted by atomic mass is 10.1. The Hall–Kier alpha value is -0.820. The monoisotopic (exact) mass is 272 g/mol. The van der Waals surface area contributed by atoms with Gasteiger partial charge in [0.15, 0.2) is 6.29 Å². The maximum atomic E-state index is 11.7. The van der Waals surface area contributed by atoms with Gasteiger partial charge in [-0.3, -0.25) is 4.79 Å². The molecule has 0 aromatic heterocycles. The van der Waals surface area contributed by atoms with E-state index in [1.165, 1.54) is 6.92 Å². The fourth-order valence-corrected chi connectivity index (χ4v) is 0.941. The van der Waals surface area contributed by atoms with Crippen LogP contribution in [-0.4, -0.2) is 38.3 Å². The van der Waals surface area contributed by atoms with Crippen LogP contribution in [0.3, 0.4) is 0 Å². The molecule has 0 rings (SSSR count). The Balaban J connectivity index is 3.60. The third-order valence-electron chi connectivity index (χ3n) is 2.14. The first-order chi connectivity index (χ1) is 8.26. The molecular formula is C11H19F3O4. The topological polar surface area (TPSA) is 44.8 Å². The molecule has 0 aromatic rings. The van der Waals surface area contributed by atoms with Gasteiger partial charge in [-0.05, 0) is 13.3 Å². The van der Waals surface area contributed by atoms with E-state index in [0.29, 0.717) is 6.42 Å². The second-order valence-corrected chi connectivity index (χ2v) is 3.85. The van der Waals surface area contributed by atoms with E-state index < -0.39 is 19.1 Å². The lowest BCUT2D eigenvalue weighted by molar-refractivity contribution is -0.191. The summed E-state index contributed by atoms with van der Waals surface area (Å²) in [6.45, 7) is 3.50. The first kappa shape index (κ1) is 17.2. The van der Waals surface area contributed by atoms with Gasteiger partial charge in [-0.2, -0.15) is 13.2 Å². The third-order valence-corrected chi connectivity index (χ3v) is 2.14. The van der Waals surface area contributed by atoms with E-state index in [-0.39, 0.29) is 25.1 Å². The van der Waals surface area contributed by atoms with Crippen molar-refractivity contribution in [3.63, 3.8) is 0 Å². The van der Waals surface area contributed by atoms with Crippen LogP contribution in [0.5, 0.6) is 0 Å². The second kappa shape index (κ2) is 8.31. The van der Waals surface area contributed by atoms with Crippen LogP contribution in [0, 0.1) is 5.92 Å². The van der Waals surface area contributed by atoms with Crippen LogP contribution >= 0.6 is 0 Å². The Morgan fingerprint density at radius 2 is 1.83 bits per heavy atom. The van der Waals surface area contributed by atoms with Crippen molar-refractivity contribution < 1.29 is 32.2 Å². The van der Waals surface area contributed by atoms with Gasteiger partial charge in [0.05, 0.1) is 19.1 Å². The molecule has 2 unspecified atom stereocenters. The normalized spacial score (nSPS) is 15.2. The van der Waals surface area contributed by atoms with Gasteiger partial charge in [0, 0.05) is 0 Å². The maximum absolute atomic E-state index is 11.7. The Labute approximate surface area is 104 Å². The van der Waals surface area contributed by atoms with Gasteiger partial charge in [-0.1, -0.05) is 13.8 Å². The molecule has 0 bridgehead atoms. The quantitative estimate of drug-likeness (QED) is 0.387. The van der Waals surface area contributed by atoms with Crippen molar-refractivity contribution in [3.8, 4) is 0 Å². The Morgan fingerprint density at radius 3 is 2.33 bits per heavy atom. The summed E-state index contributed by atoms with van der Waals surface area (Å²) in [5.41, 5.74) is 0. The first-order valence-corrected chi connectivity index (χ1v) is 5.72. The predicted octanol–water partition coefficient (Wildman–Crippen LogP) is 2.52. The molecule has 0 amide bonds. The number of rotatable bonds is 8. The fraction of sp³-hybridized carbons (Fsp3) is 0.909. The standard InChI is InChI=1S/C11H19F3O4/c1-4-8(2)10(15)18-9(3)17-6-5-16-7-11(12,13)14/h8-9H,4-7H2,1-3H3. The Bertz CT molecular complexity index is 243.